The smallest absolute Gasteiger partial charge is 0.410 e. The predicted octanol–water partition coefficient (Wildman–Crippen LogP) is 2.42. The van der Waals surface area contributed by atoms with E-state index in [1.54, 1.807) is 0 Å². The number of carboxylic acids is 1. The fourth-order valence-corrected chi connectivity index (χ4v) is 3.37. The van der Waals surface area contributed by atoms with Gasteiger partial charge in [0.2, 0.25) is 0 Å². The van der Waals surface area contributed by atoms with E-state index in [-0.39, 0.29) is 12.0 Å². The molecule has 1 aliphatic carbocycles. The SMILES string of the molecule is C=CCOC(=O)N1CCC2(CCCC2)CC1C(=O)O. The molecule has 2 fully saturated rings. The molecule has 0 aromatic rings. The van der Waals surface area contributed by atoms with Crippen LogP contribution in [0.4, 0.5) is 4.79 Å². The Morgan fingerprint density at radius 3 is 2.63 bits per heavy atom. The predicted molar refractivity (Wildman–Crippen MR) is 69.8 cm³/mol. The molecular weight excluding hydrogens is 246 g/mol. The summed E-state index contributed by atoms with van der Waals surface area (Å²) in [6.45, 7) is 4.07. The van der Waals surface area contributed by atoms with E-state index in [0.717, 1.165) is 19.3 Å². The van der Waals surface area contributed by atoms with Crippen molar-refractivity contribution in [2.45, 2.75) is 44.6 Å². The number of likely N-dealkylation sites (tertiary alicyclic amines) is 1. The largest absolute Gasteiger partial charge is 0.480 e. The van der Waals surface area contributed by atoms with Gasteiger partial charge in [-0.3, -0.25) is 4.90 Å². The van der Waals surface area contributed by atoms with Gasteiger partial charge in [0, 0.05) is 6.54 Å². The van der Waals surface area contributed by atoms with E-state index in [9.17, 15) is 14.7 Å². The average Bonchev–Trinajstić information content (AvgIpc) is 2.84. The zero-order chi connectivity index (χ0) is 13.9. The quantitative estimate of drug-likeness (QED) is 0.797. The molecule has 2 aliphatic rings. The lowest BCUT2D eigenvalue weighted by Gasteiger charge is -2.42. The van der Waals surface area contributed by atoms with E-state index in [4.69, 9.17) is 4.74 Å². The van der Waals surface area contributed by atoms with Crippen LogP contribution >= 0.6 is 0 Å². The Bertz CT molecular complexity index is 374. The highest BCUT2D eigenvalue weighted by molar-refractivity contribution is 5.80. The standard InChI is InChI=1S/C14H21NO4/c1-2-9-19-13(18)15-8-7-14(5-3-4-6-14)10-11(15)12(16)17/h2,11H,1,3-10H2,(H,16,17). The topological polar surface area (TPSA) is 66.8 Å². The van der Waals surface area contributed by atoms with Gasteiger partial charge in [0.05, 0.1) is 0 Å². The van der Waals surface area contributed by atoms with Crippen LogP contribution in [-0.2, 0) is 9.53 Å². The summed E-state index contributed by atoms with van der Waals surface area (Å²) >= 11 is 0. The number of carbonyl (C=O) groups is 2. The third-order valence-corrected chi connectivity index (χ3v) is 4.39. The number of amides is 1. The Balaban J connectivity index is 2.06. The van der Waals surface area contributed by atoms with Crippen molar-refractivity contribution in [1.29, 1.82) is 0 Å². The van der Waals surface area contributed by atoms with Gasteiger partial charge < -0.3 is 9.84 Å². The molecule has 5 nitrogen and oxygen atoms in total. The highest BCUT2D eigenvalue weighted by Crippen LogP contribution is 2.48. The molecule has 1 saturated carbocycles. The first-order chi connectivity index (χ1) is 9.08. The molecule has 0 radical (unpaired) electrons. The first-order valence-corrected chi connectivity index (χ1v) is 6.85. The monoisotopic (exact) mass is 267 g/mol. The summed E-state index contributed by atoms with van der Waals surface area (Å²) in [5.74, 6) is -0.929. The van der Waals surface area contributed by atoms with Crippen molar-refractivity contribution in [2.75, 3.05) is 13.2 Å². The number of rotatable bonds is 3. The minimum atomic E-state index is -0.929. The summed E-state index contributed by atoms with van der Waals surface area (Å²) in [7, 11) is 0. The Morgan fingerprint density at radius 1 is 1.37 bits per heavy atom. The van der Waals surface area contributed by atoms with Crippen molar-refractivity contribution in [2.24, 2.45) is 5.41 Å². The van der Waals surface area contributed by atoms with Gasteiger partial charge >= 0.3 is 12.1 Å². The zero-order valence-corrected chi connectivity index (χ0v) is 11.1. The fraction of sp³-hybridized carbons (Fsp3) is 0.714. The molecule has 0 bridgehead atoms. The Morgan fingerprint density at radius 2 is 2.05 bits per heavy atom. The number of nitrogens with zero attached hydrogens (tertiary/aromatic N) is 1. The summed E-state index contributed by atoms with van der Waals surface area (Å²) in [6, 6.07) is -0.746. The number of hydrogen-bond acceptors (Lipinski definition) is 3. The number of ether oxygens (including phenoxy) is 1. The van der Waals surface area contributed by atoms with Gasteiger partial charge in [-0.25, -0.2) is 9.59 Å². The van der Waals surface area contributed by atoms with E-state index < -0.39 is 18.1 Å². The van der Waals surface area contributed by atoms with Gasteiger partial charge in [0.25, 0.3) is 0 Å². The van der Waals surface area contributed by atoms with E-state index in [1.807, 2.05) is 0 Å². The molecule has 19 heavy (non-hydrogen) atoms. The first kappa shape index (κ1) is 13.9. The van der Waals surface area contributed by atoms with E-state index in [2.05, 4.69) is 6.58 Å². The minimum Gasteiger partial charge on any atom is -0.480 e. The van der Waals surface area contributed by atoms with Crippen LogP contribution in [-0.4, -0.2) is 41.3 Å². The van der Waals surface area contributed by atoms with Crippen LogP contribution in [0.2, 0.25) is 0 Å². The lowest BCUT2D eigenvalue weighted by atomic mass is 9.74. The van der Waals surface area contributed by atoms with E-state index >= 15 is 0 Å². The second-order valence-electron chi connectivity index (χ2n) is 5.57. The minimum absolute atomic E-state index is 0.118. The van der Waals surface area contributed by atoms with Crippen molar-refractivity contribution < 1.29 is 19.4 Å². The number of aliphatic carboxylic acids is 1. The molecule has 0 aromatic carbocycles. The zero-order valence-electron chi connectivity index (χ0n) is 11.1. The van der Waals surface area contributed by atoms with Gasteiger partial charge in [-0.05, 0) is 31.1 Å². The number of hydrogen-bond donors (Lipinski definition) is 1. The number of piperidine rings is 1. The first-order valence-electron chi connectivity index (χ1n) is 6.85. The maximum absolute atomic E-state index is 11.9. The summed E-state index contributed by atoms with van der Waals surface area (Å²) in [5, 5.41) is 9.36. The van der Waals surface area contributed by atoms with Crippen LogP contribution in [0.15, 0.2) is 12.7 Å². The number of carbonyl (C=O) groups excluding carboxylic acids is 1. The maximum Gasteiger partial charge on any atom is 0.410 e. The van der Waals surface area contributed by atoms with Crippen molar-refractivity contribution in [3.8, 4) is 0 Å². The van der Waals surface area contributed by atoms with E-state index in [0.29, 0.717) is 13.0 Å². The van der Waals surface area contributed by atoms with Crippen molar-refractivity contribution >= 4 is 12.1 Å². The number of carboxylic acid groups (broad SMARTS) is 1. The van der Waals surface area contributed by atoms with Crippen LogP contribution in [0, 0.1) is 5.41 Å². The van der Waals surface area contributed by atoms with E-state index in [1.165, 1.54) is 23.8 Å². The summed E-state index contributed by atoms with van der Waals surface area (Å²) < 4.78 is 4.97. The van der Waals surface area contributed by atoms with Crippen LogP contribution < -0.4 is 0 Å². The fourth-order valence-electron chi connectivity index (χ4n) is 3.37. The molecule has 1 amide bonds. The van der Waals surface area contributed by atoms with Gasteiger partial charge in [-0.15, -0.1) is 0 Å². The molecule has 5 heteroatoms. The van der Waals surface area contributed by atoms with Crippen LogP contribution in [0.25, 0.3) is 0 Å². The van der Waals surface area contributed by atoms with Crippen LogP contribution in [0.5, 0.6) is 0 Å². The summed E-state index contributed by atoms with van der Waals surface area (Å²) in [4.78, 5) is 24.6. The highest BCUT2D eigenvalue weighted by Gasteiger charge is 2.46. The normalized spacial score (nSPS) is 25.3. The summed E-state index contributed by atoms with van der Waals surface area (Å²) in [6.07, 6.45) is 6.92. The van der Waals surface area contributed by atoms with Crippen molar-refractivity contribution in [1.82, 2.24) is 4.90 Å². The molecule has 1 aliphatic heterocycles. The lowest BCUT2D eigenvalue weighted by molar-refractivity contribution is -0.146. The molecular formula is C14H21NO4. The molecule has 1 N–H and O–H groups in total. The second-order valence-corrected chi connectivity index (χ2v) is 5.57. The van der Waals surface area contributed by atoms with Gasteiger partial charge in [0.15, 0.2) is 0 Å². The molecule has 1 saturated heterocycles. The molecule has 0 aromatic heterocycles. The van der Waals surface area contributed by atoms with Gasteiger partial charge in [-0.1, -0.05) is 25.5 Å². The van der Waals surface area contributed by atoms with Gasteiger partial charge in [-0.2, -0.15) is 0 Å². The Labute approximate surface area is 113 Å². The average molecular weight is 267 g/mol. The Kier molecular flexibility index (Phi) is 4.12. The highest BCUT2D eigenvalue weighted by atomic mass is 16.6. The molecule has 1 spiro atoms. The molecule has 1 heterocycles. The molecule has 2 rings (SSSR count). The van der Waals surface area contributed by atoms with Crippen molar-refractivity contribution in [3.05, 3.63) is 12.7 Å². The lowest BCUT2D eigenvalue weighted by Crippen LogP contribution is -2.52. The van der Waals surface area contributed by atoms with Crippen molar-refractivity contribution in [3.63, 3.8) is 0 Å². The van der Waals surface area contributed by atoms with Gasteiger partial charge in [0.1, 0.15) is 12.6 Å². The Hall–Kier alpha value is -1.52. The third kappa shape index (κ3) is 2.91. The van der Waals surface area contributed by atoms with Crippen LogP contribution in [0.1, 0.15) is 38.5 Å². The maximum atomic E-state index is 11.9. The second kappa shape index (κ2) is 5.63. The molecule has 1 unspecified atom stereocenters. The summed E-state index contributed by atoms with van der Waals surface area (Å²) in [5.41, 5.74) is 0.137. The molecule has 1 atom stereocenters. The molecule has 106 valence electrons. The third-order valence-electron chi connectivity index (χ3n) is 4.39. The van der Waals surface area contributed by atoms with Crippen LogP contribution in [0.3, 0.4) is 0 Å².